The van der Waals surface area contributed by atoms with Crippen LogP contribution in [0, 0.1) is 0 Å². The molecular weight excluding hydrogens is 248 g/mol. The van der Waals surface area contributed by atoms with E-state index >= 15 is 0 Å². The number of ether oxygens (including phenoxy) is 1. The van der Waals surface area contributed by atoms with Gasteiger partial charge in [-0.15, -0.1) is 0 Å². The molecule has 6 heteroatoms. The van der Waals surface area contributed by atoms with Gasteiger partial charge in [0.25, 0.3) is 0 Å². The third kappa shape index (κ3) is 3.03. The number of hydrogen-bond acceptors (Lipinski definition) is 4. The van der Waals surface area contributed by atoms with Gasteiger partial charge in [0.1, 0.15) is 0 Å². The number of hydrogen-bond donors (Lipinski definition) is 2. The van der Waals surface area contributed by atoms with Crippen molar-refractivity contribution in [3.8, 4) is 0 Å². The summed E-state index contributed by atoms with van der Waals surface area (Å²) >= 11 is 0. The van der Waals surface area contributed by atoms with Crippen LogP contribution in [0.15, 0.2) is 24.3 Å². The molecule has 1 aliphatic rings. The van der Waals surface area contributed by atoms with Gasteiger partial charge in [0.15, 0.2) is 0 Å². The first-order valence-corrected chi connectivity index (χ1v) is 6.01. The molecule has 0 bridgehead atoms. The van der Waals surface area contributed by atoms with Gasteiger partial charge in [-0.3, -0.25) is 0 Å². The van der Waals surface area contributed by atoms with Crippen molar-refractivity contribution in [1.82, 2.24) is 10.2 Å². The van der Waals surface area contributed by atoms with E-state index in [1.54, 1.807) is 12.1 Å². The Balaban J connectivity index is 2.09. The molecule has 1 amide bonds. The average molecular weight is 264 g/mol. The molecule has 0 aliphatic carbocycles. The zero-order valence-corrected chi connectivity index (χ0v) is 10.6. The summed E-state index contributed by atoms with van der Waals surface area (Å²) in [6.45, 7) is 1.52. The Morgan fingerprint density at radius 3 is 2.63 bits per heavy atom. The third-order valence-electron chi connectivity index (χ3n) is 3.18. The van der Waals surface area contributed by atoms with Gasteiger partial charge in [0, 0.05) is 19.6 Å². The molecule has 1 aromatic rings. The Morgan fingerprint density at radius 1 is 1.37 bits per heavy atom. The van der Waals surface area contributed by atoms with Crippen LogP contribution in [0.4, 0.5) is 4.79 Å². The summed E-state index contributed by atoms with van der Waals surface area (Å²) in [5.41, 5.74) is 1.44. The second-order valence-electron chi connectivity index (χ2n) is 4.35. The monoisotopic (exact) mass is 264 g/mol. The number of carboxylic acid groups (broad SMARTS) is 1. The van der Waals surface area contributed by atoms with E-state index < -0.39 is 6.09 Å². The molecule has 102 valence electrons. The van der Waals surface area contributed by atoms with Gasteiger partial charge in [-0.2, -0.15) is 0 Å². The first kappa shape index (κ1) is 13.4. The van der Waals surface area contributed by atoms with Crippen LogP contribution >= 0.6 is 0 Å². The molecule has 2 N–H and O–H groups in total. The lowest BCUT2D eigenvalue weighted by Crippen LogP contribution is -2.47. The van der Waals surface area contributed by atoms with E-state index in [0.29, 0.717) is 25.2 Å². The molecule has 0 spiro atoms. The van der Waals surface area contributed by atoms with Crippen LogP contribution in [0.3, 0.4) is 0 Å². The fraction of sp³-hybridized carbons (Fsp3) is 0.385. The van der Waals surface area contributed by atoms with E-state index in [0.717, 1.165) is 5.56 Å². The molecule has 1 fully saturated rings. The lowest BCUT2D eigenvalue weighted by molar-refractivity contribution is 0.0600. The van der Waals surface area contributed by atoms with Crippen LogP contribution in [0.5, 0.6) is 0 Å². The summed E-state index contributed by atoms with van der Waals surface area (Å²) in [7, 11) is 1.34. The van der Waals surface area contributed by atoms with Gasteiger partial charge in [-0.05, 0) is 17.7 Å². The molecule has 1 atom stereocenters. The lowest BCUT2D eigenvalue weighted by atomic mass is 10.0. The standard InChI is InChI=1S/C13H16N2O4/c1-19-12(16)10-4-2-9(3-5-10)11-8-15(13(17)18)7-6-14-11/h2-5,11,14H,6-8H2,1H3,(H,17,18)/t11-/m0/s1. The fourth-order valence-corrected chi connectivity index (χ4v) is 2.12. The Morgan fingerprint density at radius 2 is 2.05 bits per heavy atom. The molecule has 1 saturated heterocycles. The van der Waals surface area contributed by atoms with Crippen LogP contribution in [0.2, 0.25) is 0 Å². The van der Waals surface area contributed by atoms with E-state index in [4.69, 9.17) is 5.11 Å². The summed E-state index contributed by atoms with van der Waals surface area (Å²) in [6, 6.07) is 6.95. The Kier molecular flexibility index (Phi) is 4.01. The summed E-state index contributed by atoms with van der Waals surface area (Å²) in [6.07, 6.45) is -0.905. The number of piperazine rings is 1. The van der Waals surface area contributed by atoms with Crippen molar-refractivity contribution >= 4 is 12.1 Å². The summed E-state index contributed by atoms with van der Waals surface area (Å²) in [5.74, 6) is -0.379. The van der Waals surface area contributed by atoms with Crippen LogP contribution in [-0.4, -0.2) is 48.8 Å². The quantitative estimate of drug-likeness (QED) is 0.782. The Hall–Kier alpha value is -2.08. The summed E-state index contributed by atoms with van der Waals surface area (Å²) in [4.78, 5) is 23.7. The van der Waals surface area contributed by atoms with Crippen molar-refractivity contribution in [2.24, 2.45) is 0 Å². The number of nitrogens with zero attached hydrogens (tertiary/aromatic N) is 1. The number of carbonyl (C=O) groups excluding carboxylic acids is 1. The molecule has 0 unspecified atom stereocenters. The molecular formula is C13H16N2O4. The van der Waals surface area contributed by atoms with Crippen LogP contribution < -0.4 is 5.32 Å². The predicted octanol–water partition coefficient (Wildman–Crippen LogP) is 1.10. The minimum atomic E-state index is -0.905. The highest BCUT2D eigenvalue weighted by molar-refractivity contribution is 5.89. The highest BCUT2D eigenvalue weighted by atomic mass is 16.5. The van der Waals surface area contributed by atoms with Gasteiger partial charge < -0.3 is 20.1 Å². The van der Waals surface area contributed by atoms with Crippen LogP contribution in [0.25, 0.3) is 0 Å². The molecule has 1 heterocycles. The number of esters is 1. The minimum Gasteiger partial charge on any atom is -0.465 e. The molecule has 1 aliphatic heterocycles. The van der Waals surface area contributed by atoms with Gasteiger partial charge in [0.2, 0.25) is 0 Å². The van der Waals surface area contributed by atoms with Crippen LogP contribution in [-0.2, 0) is 4.74 Å². The molecule has 0 radical (unpaired) electrons. The fourth-order valence-electron chi connectivity index (χ4n) is 2.12. The maximum Gasteiger partial charge on any atom is 0.407 e. The first-order valence-electron chi connectivity index (χ1n) is 6.01. The second kappa shape index (κ2) is 5.71. The largest absolute Gasteiger partial charge is 0.465 e. The van der Waals surface area contributed by atoms with Crippen molar-refractivity contribution in [2.45, 2.75) is 6.04 Å². The van der Waals surface area contributed by atoms with Crippen LogP contribution in [0.1, 0.15) is 22.0 Å². The number of carbonyl (C=O) groups is 2. The topological polar surface area (TPSA) is 78.9 Å². The Bertz CT molecular complexity index is 472. The smallest absolute Gasteiger partial charge is 0.407 e. The SMILES string of the molecule is COC(=O)c1ccc([C@@H]2CN(C(=O)O)CCN2)cc1. The first-order chi connectivity index (χ1) is 9.11. The number of amides is 1. The maximum absolute atomic E-state index is 11.3. The van der Waals surface area contributed by atoms with Crippen molar-refractivity contribution < 1.29 is 19.4 Å². The number of nitrogens with one attached hydrogen (secondary N) is 1. The third-order valence-corrected chi connectivity index (χ3v) is 3.18. The number of benzene rings is 1. The van der Waals surface area contributed by atoms with Gasteiger partial charge in [-0.25, -0.2) is 9.59 Å². The van der Waals surface area contributed by atoms with Gasteiger partial charge in [0.05, 0.1) is 18.7 Å². The molecule has 0 saturated carbocycles. The van der Waals surface area contributed by atoms with Crippen molar-refractivity contribution in [3.63, 3.8) is 0 Å². The zero-order valence-electron chi connectivity index (χ0n) is 10.6. The molecule has 2 rings (SSSR count). The van der Waals surface area contributed by atoms with Crippen molar-refractivity contribution in [3.05, 3.63) is 35.4 Å². The van der Waals surface area contributed by atoms with Crippen molar-refractivity contribution in [2.75, 3.05) is 26.7 Å². The molecule has 0 aromatic heterocycles. The normalized spacial score (nSPS) is 19.0. The summed E-state index contributed by atoms with van der Waals surface area (Å²) in [5, 5.41) is 12.3. The average Bonchev–Trinajstić information content (AvgIpc) is 2.46. The van der Waals surface area contributed by atoms with E-state index in [1.807, 2.05) is 12.1 Å². The molecule has 19 heavy (non-hydrogen) atoms. The van der Waals surface area contributed by atoms with Gasteiger partial charge >= 0.3 is 12.1 Å². The van der Waals surface area contributed by atoms with E-state index in [2.05, 4.69) is 10.1 Å². The minimum absolute atomic E-state index is 0.0449. The highest BCUT2D eigenvalue weighted by Crippen LogP contribution is 2.18. The number of rotatable bonds is 2. The lowest BCUT2D eigenvalue weighted by Gasteiger charge is -2.32. The van der Waals surface area contributed by atoms with Crippen molar-refractivity contribution in [1.29, 1.82) is 0 Å². The van der Waals surface area contributed by atoms with Gasteiger partial charge in [-0.1, -0.05) is 12.1 Å². The Labute approximate surface area is 111 Å². The second-order valence-corrected chi connectivity index (χ2v) is 4.35. The summed E-state index contributed by atoms with van der Waals surface area (Å²) < 4.78 is 4.63. The molecule has 1 aromatic carbocycles. The maximum atomic E-state index is 11.3. The zero-order chi connectivity index (χ0) is 13.8. The van der Waals surface area contributed by atoms with E-state index in [-0.39, 0.29) is 12.0 Å². The predicted molar refractivity (Wildman–Crippen MR) is 68.1 cm³/mol. The molecule has 6 nitrogen and oxygen atoms in total. The van der Waals surface area contributed by atoms with E-state index in [1.165, 1.54) is 12.0 Å². The highest BCUT2D eigenvalue weighted by Gasteiger charge is 2.23. The number of methoxy groups -OCH3 is 1. The van der Waals surface area contributed by atoms with E-state index in [9.17, 15) is 9.59 Å².